The van der Waals surface area contributed by atoms with E-state index in [0.29, 0.717) is 29.4 Å². The van der Waals surface area contributed by atoms with Gasteiger partial charge in [-0.05, 0) is 56.0 Å². The maximum atomic E-state index is 13.7. The van der Waals surface area contributed by atoms with Gasteiger partial charge in [0, 0.05) is 42.7 Å². The standard InChI is InChI=1S/C24H26FN5O/c1-2-7-23(31)30-13-4-3-11-21(30)24-28-20(17-8-6-12-26-16-17)15-22(29-24)27-19-10-5-9-18(25)14-19/h5-6,8-10,12,14-16,21H,2-4,7,11,13H2,1H3,(H,27,28,29)/t21-/m1/s1. The van der Waals surface area contributed by atoms with Crippen molar-refractivity contribution in [2.75, 3.05) is 11.9 Å². The molecule has 31 heavy (non-hydrogen) atoms. The predicted molar refractivity (Wildman–Crippen MR) is 118 cm³/mol. The average Bonchev–Trinajstić information content (AvgIpc) is 2.80. The zero-order valence-corrected chi connectivity index (χ0v) is 17.6. The van der Waals surface area contributed by atoms with E-state index < -0.39 is 0 Å². The van der Waals surface area contributed by atoms with E-state index in [1.54, 1.807) is 24.5 Å². The van der Waals surface area contributed by atoms with Crippen LogP contribution in [0, 0.1) is 5.82 Å². The highest BCUT2D eigenvalue weighted by atomic mass is 19.1. The molecule has 1 aromatic carbocycles. The summed E-state index contributed by atoms with van der Waals surface area (Å²) in [7, 11) is 0. The van der Waals surface area contributed by atoms with E-state index in [0.717, 1.165) is 37.8 Å². The average molecular weight is 420 g/mol. The third-order valence-corrected chi connectivity index (χ3v) is 5.38. The van der Waals surface area contributed by atoms with Crippen molar-refractivity contribution in [3.63, 3.8) is 0 Å². The largest absolute Gasteiger partial charge is 0.340 e. The minimum Gasteiger partial charge on any atom is -0.340 e. The second-order valence-electron chi connectivity index (χ2n) is 7.72. The number of benzene rings is 1. The summed E-state index contributed by atoms with van der Waals surface area (Å²) in [4.78, 5) is 28.4. The quantitative estimate of drug-likeness (QED) is 0.589. The summed E-state index contributed by atoms with van der Waals surface area (Å²) in [6.45, 7) is 2.73. The van der Waals surface area contributed by atoms with E-state index in [1.165, 1.54) is 12.1 Å². The number of amides is 1. The summed E-state index contributed by atoms with van der Waals surface area (Å²) in [5.41, 5.74) is 2.17. The number of rotatable bonds is 6. The Balaban J connectivity index is 1.74. The Morgan fingerprint density at radius 2 is 2.10 bits per heavy atom. The molecule has 4 rings (SSSR count). The number of hydrogen-bond acceptors (Lipinski definition) is 5. The molecule has 1 amide bonds. The van der Waals surface area contributed by atoms with Crippen LogP contribution >= 0.6 is 0 Å². The molecule has 6 nitrogen and oxygen atoms in total. The van der Waals surface area contributed by atoms with Crippen molar-refractivity contribution in [2.45, 2.75) is 45.1 Å². The summed E-state index contributed by atoms with van der Waals surface area (Å²) in [6, 6.07) is 11.7. The number of nitrogens with zero attached hydrogens (tertiary/aromatic N) is 4. The van der Waals surface area contributed by atoms with Crippen LogP contribution < -0.4 is 5.32 Å². The molecule has 1 aliphatic heterocycles. The fourth-order valence-corrected chi connectivity index (χ4v) is 3.91. The van der Waals surface area contributed by atoms with Gasteiger partial charge in [0.15, 0.2) is 5.82 Å². The maximum Gasteiger partial charge on any atom is 0.223 e. The zero-order valence-electron chi connectivity index (χ0n) is 17.6. The third-order valence-electron chi connectivity index (χ3n) is 5.38. The van der Waals surface area contributed by atoms with Crippen LogP contribution in [0.5, 0.6) is 0 Å². The van der Waals surface area contributed by atoms with Crippen LogP contribution in [0.2, 0.25) is 0 Å². The van der Waals surface area contributed by atoms with Gasteiger partial charge >= 0.3 is 0 Å². The topological polar surface area (TPSA) is 71.0 Å². The molecule has 0 spiro atoms. The molecule has 1 atom stereocenters. The van der Waals surface area contributed by atoms with E-state index >= 15 is 0 Å². The van der Waals surface area contributed by atoms with E-state index in [-0.39, 0.29) is 17.8 Å². The van der Waals surface area contributed by atoms with Gasteiger partial charge in [-0.3, -0.25) is 9.78 Å². The van der Waals surface area contributed by atoms with Gasteiger partial charge in [-0.15, -0.1) is 0 Å². The van der Waals surface area contributed by atoms with Gasteiger partial charge in [0.1, 0.15) is 11.6 Å². The summed E-state index contributed by atoms with van der Waals surface area (Å²) < 4.78 is 13.7. The lowest BCUT2D eigenvalue weighted by Gasteiger charge is -2.35. The van der Waals surface area contributed by atoms with Crippen molar-refractivity contribution >= 4 is 17.4 Å². The van der Waals surface area contributed by atoms with Crippen molar-refractivity contribution < 1.29 is 9.18 Å². The lowest BCUT2D eigenvalue weighted by molar-refractivity contribution is -0.135. The van der Waals surface area contributed by atoms with Gasteiger partial charge in [-0.25, -0.2) is 14.4 Å². The van der Waals surface area contributed by atoms with Crippen molar-refractivity contribution in [1.29, 1.82) is 0 Å². The fraction of sp³-hybridized carbons (Fsp3) is 0.333. The number of carbonyl (C=O) groups is 1. The number of pyridine rings is 1. The van der Waals surface area contributed by atoms with Crippen LogP contribution in [-0.4, -0.2) is 32.3 Å². The molecule has 0 radical (unpaired) electrons. The lowest BCUT2D eigenvalue weighted by Crippen LogP contribution is -2.39. The smallest absolute Gasteiger partial charge is 0.223 e. The molecule has 1 fully saturated rings. The first kappa shape index (κ1) is 20.9. The summed E-state index contributed by atoms with van der Waals surface area (Å²) in [6.07, 6.45) is 7.63. The van der Waals surface area contributed by atoms with E-state index in [9.17, 15) is 9.18 Å². The monoisotopic (exact) mass is 419 g/mol. The zero-order chi connectivity index (χ0) is 21.6. The number of anilines is 2. The molecule has 3 heterocycles. The number of halogens is 1. The molecule has 1 aliphatic rings. The number of likely N-dealkylation sites (tertiary alicyclic amines) is 1. The number of carbonyl (C=O) groups excluding carboxylic acids is 1. The van der Waals surface area contributed by atoms with Gasteiger partial charge in [-0.1, -0.05) is 13.0 Å². The molecule has 160 valence electrons. The molecule has 0 unspecified atom stereocenters. The van der Waals surface area contributed by atoms with Crippen molar-refractivity contribution in [2.24, 2.45) is 0 Å². The van der Waals surface area contributed by atoms with E-state index in [1.807, 2.05) is 30.0 Å². The van der Waals surface area contributed by atoms with Gasteiger partial charge in [-0.2, -0.15) is 0 Å². The normalized spacial score (nSPS) is 16.2. The maximum absolute atomic E-state index is 13.7. The number of hydrogen-bond donors (Lipinski definition) is 1. The minimum atomic E-state index is -0.324. The van der Waals surface area contributed by atoms with Gasteiger partial charge in [0.05, 0.1) is 11.7 Å². The van der Waals surface area contributed by atoms with Gasteiger partial charge < -0.3 is 10.2 Å². The van der Waals surface area contributed by atoms with Gasteiger partial charge in [0.25, 0.3) is 0 Å². The highest BCUT2D eigenvalue weighted by molar-refractivity contribution is 5.76. The number of aromatic nitrogens is 3. The second kappa shape index (κ2) is 9.64. The van der Waals surface area contributed by atoms with Crippen LogP contribution in [0.3, 0.4) is 0 Å². The van der Waals surface area contributed by atoms with Crippen LogP contribution in [-0.2, 0) is 4.79 Å². The third kappa shape index (κ3) is 5.05. The van der Waals surface area contributed by atoms with Crippen molar-refractivity contribution in [1.82, 2.24) is 19.9 Å². The Morgan fingerprint density at radius 1 is 1.19 bits per heavy atom. The first-order chi connectivity index (χ1) is 15.1. The highest BCUT2D eigenvalue weighted by Gasteiger charge is 2.30. The molecular weight excluding hydrogens is 393 g/mol. The number of nitrogens with one attached hydrogen (secondary N) is 1. The molecule has 0 bridgehead atoms. The SMILES string of the molecule is CCCC(=O)N1CCCC[C@@H]1c1nc(Nc2cccc(F)c2)cc(-c2cccnc2)n1. The van der Waals surface area contributed by atoms with Crippen molar-refractivity contribution in [3.8, 4) is 11.3 Å². The van der Waals surface area contributed by atoms with E-state index in [2.05, 4.69) is 10.3 Å². The Morgan fingerprint density at radius 3 is 2.87 bits per heavy atom. The van der Waals surface area contributed by atoms with Crippen LogP contribution in [0.25, 0.3) is 11.3 Å². The molecule has 7 heteroatoms. The summed E-state index contributed by atoms with van der Waals surface area (Å²) >= 11 is 0. The Hall–Kier alpha value is -3.35. The summed E-state index contributed by atoms with van der Waals surface area (Å²) in [5.74, 6) is 0.977. The Labute approximate surface area is 181 Å². The Bertz CT molecular complexity index is 1040. The summed E-state index contributed by atoms with van der Waals surface area (Å²) in [5, 5.41) is 3.19. The minimum absolute atomic E-state index is 0.141. The molecule has 0 aliphatic carbocycles. The molecule has 1 saturated heterocycles. The predicted octanol–water partition coefficient (Wildman–Crippen LogP) is 5.28. The molecular formula is C24H26FN5O. The van der Waals surface area contributed by atoms with Crippen LogP contribution in [0.4, 0.5) is 15.9 Å². The molecule has 3 aromatic rings. The van der Waals surface area contributed by atoms with Crippen molar-refractivity contribution in [3.05, 3.63) is 66.5 Å². The highest BCUT2D eigenvalue weighted by Crippen LogP contribution is 2.32. The fourth-order valence-electron chi connectivity index (χ4n) is 3.91. The first-order valence-electron chi connectivity index (χ1n) is 10.8. The molecule has 2 aromatic heterocycles. The van der Waals surface area contributed by atoms with Crippen LogP contribution in [0.15, 0.2) is 54.9 Å². The molecule has 1 N–H and O–H groups in total. The number of piperidine rings is 1. The van der Waals surface area contributed by atoms with Crippen LogP contribution in [0.1, 0.15) is 50.9 Å². The Kier molecular flexibility index (Phi) is 6.50. The second-order valence-corrected chi connectivity index (χ2v) is 7.72. The first-order valence-corrected chi connectivity index (χ1v) is 10.8. The lowest BCUT2D eigenvalue weighted by atomic mass is 10.00. The van der Waals surface area contributed by atoms with E-state index in [4.69, 9.17) is 9.97 Å². The van der Waals surface area contributed by atoms with Gasteiger partial charge in [0.2, 0.25) is 5.91 Å². The molecule has 0 saturated carbocycles.